The number of fused-ring (bicyclic) bond motifs is 3. The molecule has 3 aromatic rings. The molecule has 0 unspecified atom stereocenters. The Hall–Kier alpha value is -2.14. The number of nitrogens with zero attached hydrogens (tertiary/aromatic N) is 2. The first-order valence-electron chi connectivity index (χ1n) is 8.03. The van der Waals surface area contributed by atoms with Gasteiger partial charge in [0.2, 0.25) is 0 Å². The fraction of sp³-hybridized carbons (Fsp3) is 0.412. The summed E-state index contributed by atoms with van der Waals surface area (Å²) in [6.07, 6.45) is 1.64. The van der Waals surface area contributed by atoms with E-state index in [1.165, 1.54) is 5.56 Å². The van der Waals surface area contributed by atoms with E-state index >= 15 is 0 Å². The van der Waals surface area contributed by atoms with Gasteiger partial charge in [0.05, 0.1) is 26.2 Å². The molecule has 3 N–H and O–H groups in total. The molecule has 2 heterocycles. The van der Waals surface area contributed by atoms with Crippen molar-refractivity contribution in [2.45, 2.75) is 20.8 Å². The van der Waals surface area contributed by atoms with Crippen LogP contribution >= 0.6 is 0 Å². The molecule has 0 saturated heterocycles. The maximum absolute atomic E-state index is 4.46. The van der Waals surface area contributed by atoms with Crippen LogP contribution < -0.4 is 10.2 Å². The van der Waals surface area contributed by atoms with E-state index in [0.29, 0.717) is 0 Å². The zero-order chi connectivity index (χ0) is 15.5. The summed E-state index contributed by atoms with van der Waals surface area (Å²) in [4.78, 5) is 13.9. The van der Waals surface area contributed by atoms with Crippen molar-refractivity contribution in [1.82, 2.24) is 15.0 Å². The molecule has 0 spiro atoms. The number of rotatable bonds is 6. The molecule has 5 nitrogen and oxygen atoms in total. The summed E-state index contributed by atoms with van der Waals surface area (Å²) in [5.74, 6) is 0.894. The lowest BCUT2D eigenvalue weighted by Gasteiger charge is -2.15. The lowest BCUT2D eigenvalue weighted by molar-refractivity contribution is -0.894. The topological polar surface area (TPSA) is 58.0 Å². The number of aromatic nitrogens is 3. The van der Waals surface area contributed by atoms with Gasteiger partial charge >= 0.3 is 0 Å². The van der Waals surface area contributed by atoms with Crippen LogP contribution in [0.1, 0.15) is 19.4 Å². The minimum Gasteiger partial charge on any atom is -0.363 e. The molecule has 0 radical (unpaired) electrons. The van der Waals surface area contributed by atoms with E-state index in [1.807, 2.05) is 0 Å². The van der Waals surface area contributed by atoms with Crippen LogP contribution in [0, 0.1) is 6.92 Å². The average molecular weight is 298 g/mol. The van der Waals surface area contributed by atoms with Crippen LogP contribution in [0.3, 0.4) is 0 Å². The third-order valence-electron chi connectivity index (χ3n) is 4.31. The zero-order valence-electron chi connectivity index (χ0n) is 13.5. The van der Waals surface area contributed by atoms with E-state index in [4.69, 9.17) is 0 Å². The summed E-state index contributed by atoms with van der Waals surface area (Å²) in [7, 11) is 0. The lowest BCUT2D eigenvalue weighted by Crippen LogP contribution is -3.12. The summed E-state index contributed by atoms with van der Waals surface area (Å²) in [6.45, 7) is 10.9. The van der Waals surface area contributed by atoms with Gasteiger partial charge in [-0.15, -0.1) is 0 Å². The molecule has 5 heteroatoms. The van der Waals surface area contributed by atoms with Crippen molar-refractivity contribution in [3.63, 3.8) is 0 Å². The first kappa shape index (κ1) is 14.8. The van der Waals surface area contributed by atoms with Crippen LogP contribution in [-0.4, -0.2) is 41.1 Å². The predicted molar refractivity (Wildman–Crippen MR) is 91.5 cm³/mol. The molecule has 0 aliphatic carbocycles. The lowest BCUT2D eigenvalue weighted by atomic mass is 10.1. The van der Waals surface area contributed by atoms with Crippen LogP contribution in [0.15, 0.2) is 24.5 Å². The number of aryl methyl sites for hydroxylation is 1. The summed E-state index contributed by atoms with van der Waals surface area (Å²) >= 11 is 0. The van der Waals surface area contributed by atoms with E-state index in [-0.39, 0.29) is 0 Å². The SMILES string of the molecule is CC[NH+](CC)CCNc1ncnc2c1[nH]c1ccc(C)cc12. The molecule has 0 atom stereocenters. The third-order valence-corrected chi connectivity index (χ3v) is 4.31. The van der Waals surface area contributed by atoms with E-state index in [0.717, 1.165) is 53.9 Å². The molecule has 0 aliphatic rings. The average Bonchev–Trinajstić information content (AvgIpc) is 2.90. The Kier molecular flexibility index (Phi) is 4.24. The van der Waals surface area contributed by atoms with Crippen molar-refractivity contribution < 1.29 is 4.90 Å². The van der Waals surface area contributed by atoms with Crippen LogP contribution in [0.25, 0.3) is 21.9 Å². The number of hydrogen-bond donors (Lipinski definition) is 3. The summed E-state index contributed by atoms with van der Waals surface area (Å²) in [5, 5.41) is 4.62. The number of likely N-dealkylation sites (N-methyl/N-ethyl adjacent to an activating group) is 1. The number of anilines is 1. The second-order valence-electron chi connectivity index (χ2n) is 5.75. The number of nitrogens with one attached hydrogen (secondary N) is 3. The molecule has 0 amide bonds. The van der Waals surface area contributed by atoms with Gasteiger partial charge in [0.15, 0.2) is 5.82 Å². The van der Waals surface area contributed by atoms with Crippen LogP contribution in [0.2, 0.25) is 0 Å². The number of aromatic amines is 1. The van der Waals surface area contributed by atoms with Gasteiger partial charge in [0.1, 0.15) is 17.4 Å². The Morgan fingerprint density at radius 1 is 1.18 bits per heavy atom. The Morgan fingerprint density at radius 3 is 2.77 bits per heavy atom. The molecular weight excluding hydrogens is 274 g/mol. The predicted octanol–water partition coefficient (Wildman–Crippen LogP) is 1.76. The Balaban J connectivity index is 1.89. The van der Waals surface area contributed by atoms with Crippen molar-refractivity contribution in [2.24, 2.45) is 0 Å². The van der Waals surface area contributed by atoms with E-state index in [1.54, 1.807) is 11.2 Å². The van der Waals surface area contributed by atoms with Crippen molar-refractivity contribution in [3.8, 4) is 0 Å². The van der Waals surface area contributed by atoms with Gasteiger partial charge in [-0.3, -0.25) is 0 Å². The number of quaternary nitrogens is 1. The molecule has 1 aromatic carbocycles. The second-order valence-corrected chi connectivity index (χ2v) is 5.75. The zero-order valence-corrected chi connectivity index (χ0v) is 13.5. The van der Waals surface area contributed by atoms with Gasteiger partial charge in [0, 0.05) is 10.9 Å². The Labute approximate surface area is 130 Å². The second kappa shape index (κ2) is 6.32. The highest BCUT2D eigenvalue weighted by atomic mass is 15.1. The van der Waals surface area contributed by atoms with Gasteiger partial charge < -0.3 is 15.2 Å². The van der Waals surface area contributed by atoms with E-state index in [9.17, 15) is 0 Å². The maximum atomic E-state index is 4.46. The summed E-state index contributed by atoms with van der Waals surface area (Å²) in [6, 6.07) is 6.39. The van der Waals surface area contributed by atoms with Crippen molar-refractivity contribution in [2.75, 3.05) is 31.5 Å². The summed E-state index contributed by atoms with van der Waals surface area (Å²) in [5.41, 5.74) is 4.34. The van der Waals surface area contributed by atoms with Gasteiger partial charge in [-0.25, -0.2) is 9.97 Å². The Morgan fingerprint density at radius 2 is 2.00 bits per heavy atom. The highest BCUT2D eigenvalue weighted by Gasteiger charge is 2.11. The molecular formula is C17H24N5+. The van der Waals surface area contributed by atoms with Gasteiger partial charge in [0.25, 0.3) is 0 Å². The monoisotopic (exact) mass is 298 g/mol. The molecule has 0 saturated carbocycles. The van der Waals surface area contributed by atoms with Gasteiger partial charge in [-0.1, -0.05) is 11.6 Å². The fourth-order valence-corrected chi connectivity index (χ4v) is 2.90. The molecule has 0 aliphatic heterocycles. The molecule has 3 rings (SSSR count). The van der Waals surface area contributed by atoms with Crippen LogP contribution in [0.4, 0.5) is 5.82 Å². The van der Waals surface area contributed by atoms with Crippen molar-refractivity contribution in [3.05, 3.63) is 30.1 Å². The van der Waals surface area contributed by atoms with E-state index < -0.39 is 0 Å². The largest absolute Gasteiger partial charge is 0.363 e. The molecule has 2 aromatic heterocycles. The standard InChI is InChI=1S/C17H23N5/c1-4-22(5-2)9-8-18-17-16-15(19-11-20-17)13-10-12(3)6-7-14(13)21-16/h6-7,10-11,21H,4-5,8-9H2,1-3H3,(H,18,19,20)/p+1. The van der Waals surface area contributed by atoms with Crippen molar-refractivity contribution >= 4 is 27.8 Å². The molecule has 116 valence electrons. The Bertz CT molecular complexity index is 773. The normalized spacial score (nSPS) is 11.6. The van der Waals surface area contributed by atoms with Crippen LogP contribution in [-0.2, 0) is 0 Å². The van der Waals surface area contributed by atoms with Gasteiger partial charge in [-0.2, -0.15) is 0 Å². The highest BCUT2D eigenvalue weighted by Crippen LogP contribution is 2.27. The van der Waals surface area contributed by atoms with Gasteiger partial charge in [-0.05, 0) is 32.9 Å². The number of hydrogen-bond acceptors (Lipinski definition) is 3. The minimum atomic E-state index is 0.894. The third kappa shape index (κ3) is 2.76. The molecule has 0 fully saturated rings. The first-order chi connectivity index (χ1) is 10.7. The minimum absolute atomic E-state index is 0.894. The first-order valence-corrected chi connectivity index (χ1v) is 8.03. The number of benzene rings is 1. The number of H-pyrrole nitrogens is 1. The van der Waals surface area contributed by atoms with Crippen LogP contribution in [0.5, 0.6) is 0 Å². The maximum Gasteiger partial charge on any atom is 0.154 e. The smallest absolute Gasteiger partial charge is 0.154 e. The molecule has 0 bridgehead atoms. The highest BCUT2D eigenvalue weighted by molar-refractivity contribution is 6.08. The van der Waals surface area contributed by atoms with E-state index in [2.05, 4.69) is 59.2 Å². The molecule has 22 heavy (non-hydrogen) atoms. The quantitative estimate of drug-likeness (QED) is 0.650. The van der Waals surface area contributed by atoms with Crippen molar-refractivity contribution in [1.29, 1.82) is 0 Å². The summed E-state index contributed by atoms with van der Waals surface area (Å²) < 4.78 is 0. The fourth-order valence-electron chi connectivity index (χ4n) is 2.90.